The standard InChI is InChI=1S/C9H11N/c1-7(2)9-4-3-8(5-9)6-10/h4-5,7H,3H2,1-2H3. The van der Waals surface area contributed by atoms with Crippen LogP contribution in [-0.4, -0.2) is 0 Å². The Balaban J connectivity index is 2.70. The fourth-order valence-electron chi connectivity index (χ4n) is 1.03. The van der Waals surface area contributed by atoms with Crippen molar-refractivity contribution >= 4 is 0 Å². The first-order valence-electron chi connectivity index (χ1n) is 3.54. The quantitative estimate of drug-likeness (QED) is 0.539. The van der Waals surface area contributed by atoms with Gasteiger partial charge in [0, 0.05) is 12.0 Å². The lowest BCUT2D eigenvalue weighted by Gasteiger charge is -2.00. The maximum absolute atomic E-state index is 8.51. The molecule has 0 aromatic carbocycles. The number of nitrogens with zero attached hydrogens (tertiary/aromatic N) is 1. The SMILES string of the molecule is CC(C)C1=CCC(C#N)=C1. The lowest BCUT2D eigenvalue weighted by Crippen LogP contribution is -1.86. The predicted molar refractivity (Wildman–Crippen MR) is 41.2 cm³/mol. The largest absolute Gasteiger partial charge is 0.193 e. The Labute approximate surface area is 61.7 Å². The molecule has 0 heterocycles. The van der Waals surface area contributed by atoms with Crippen LogP contribution in [0.2, 0.25) is 0 Å². The van der Waals surface area contributed by atoms with Gasteiger partial charge in [0.15, 0.2) is 0 Å². The van der Waals surface area contributed by atoms with E-state index in [4.69, 9.17) is 5.26 Å². The molecule has 0 unspecified atom stereocenters. The third-order valence-corrected chi connectivity index (χ3v) is 1.71. The van der Waals surface area contributed by atoms with E-state index in [0.717, 1.165) is 12.0 Å². The summed E-state index contributed by atoms with van der Waals surface area (Å²) in [6.07, 6.45) is 4.96. The van der Waals surface area contributed by atoms with Gasteiger partial charge in [0.25, 0.3) is 0 Å². The minimum absolute atomic E-state index is 0.561. The lowest BCUT2D eigenvalue weighted by atomic mass is 10.1. The molecule has 0 atom stereocenters. The summed E-state index contributed by atoms with van der Waals surface area (Å²) in [6.45, 7) is 4.28. The van der Waals surface area contributed by atoms with Crippen molar-refractivity contribution in [1.29, 1.82) is 5.26 Å². The van der Waals surface area contributed by atoms with Gasteiger partial charge in [0.2, 0.25) is 0 Å². The second kappa shape index (κ2) is 2.70. The minimum Gasteiger partial charge on any atom is -0.193 e. The van der Waals surface area contributed by atoms with E-state index in [2.05, 4.69) is 26.0 Å². The van der Waals surface area contributed by atoms with E-state index in [0.29, 0.717) is 5.92 Å². The van der Waals surface area contributed by atoms with Crippen LogP contribution in [0, 0.1) is 17.2 Å². The van der Waals surface area contributed by atoms with Crippen LogP contribution in [0.5, 0.6) is 0 Å². The molecule has 0 N–H and O–H groups in total. The van der Waals surface area contributed by atoms with Crippen LogP contribution < -0.4 is 0 Å². The van der Waals surface area contributed by atoms with Crippen LogP contribution in [0.3, 0.4) is 0 Å². The Kier molecular flexibility index (Phi) is 1.91. The minimum atomic E-state index is 0.561. The molecule has 0 amide bonds. The fraction of sp³-hybridized carbons (Fsp3) is 0.444. The van der Waals surface area contributed by atoms with Crippen molar-refractivity contribution in [2.45, 2.75) is 20.3 Å². The number of nitriles is 1. The molecule has 0 aromatic rings. The number of hydrogen-bond acceptors (Lipinski definition) is 1. The second-order valence-corrected chi connectivity index (χ2v) is 2.84. The van der Waals surface area contributed by atoms with Gasteiger partial charge < -0.3 is 0 Å². The van der Waals surface area contributed by atoms with Gasteiger partial charge in [-0.1, -0.05) is 19.9 Å². The van der Waals surface area contributed by atoms with E-state index in [1.54, 1.807) is 0 Å². The molecule has 0 aliphatic heterocycles. The highest BCUT2D eigenvalue weighted by Crippen LogP contribution is 2.22. The smallest absolute Gasteiger partial charge is 0.0950 e. The van der Waals surface area contributed by atoms with Crippen LogP contribution in [0.4, 0.5) is 0 Å². The van der Waals surface area contributed by atoms with Crippen molar-refractivity contribution in [1.82, 2.24) is 0 Å². The van der Waals surface area contributed by atoms with Crippen LogP contribution >= 0.6 is 0 Å². The zero-order chi connectivity index (χ0) is 7.56. The molecule has 1 rings (SSSR count). The summed E-state index contributed by atoms with van der Waals surface area (Å²) in [7, 11) is 0. The number of allylic oxidation sites excluding steroid dienone is 4. The van der Waals surface area contributed by atoms with Crippen LogP contribution in [0.1, 0.15) is 20.3 Å². The molecule has 0 saturated carbocycles. The molecule has 0 spiro atoms. The zero-order valence-electron chi connectivity index (χ0n) is 6.39. The van der Waals surface area contributed by atoms with E-state index in [1.807, 2.05) is 6.08 Å². The van der Waals surface area contributed by atoms with Gasteiger partial charge >= 0.3 is 0 Å². The van der Waals surface area contributed by atoms with Gasteiger partial charge in [-0.2, -0.15) is 5.26 Å². The summed E-state index contributed by atoms with van der Waals surface area (Å²) >= 11 is 0. The molecule has 1 aliphatic rings. The van der Waals surface area contributed by atoms with Crippen molar-refractivity contribution in [3.63, 3.8) is 0 Å². The van der Waals surface area contributed by atoms with Gasteiger partial charge in [0.1, 0.15) is 0 Å². The Hall–Kier alpha value is -1.03. The van der Waals surface area contributed by atoms with E-state index < -0.39 is 0 Å². The molecule has 0 aromatic heterocycles. The van der Waals surface area contributed by atoms with Crippen molar-refractivity contribution < 1.29 is 0 Å². The van der Waals surface area contributed by atoms with Crippen molar-refractivity contribution in [2.24, 2.45) is 5.92 Å². The van der Waals surface area contributed by atoms with Crippen molar-refractivity contribution in [2.75, 3.05) is 0 Å². The van der Waals surface area contributed by atoms with Gasteiger partial charge in [-0.15, -0.1) is 0 Å². The molecule has 0 radical (unpaired) electrons. The maximum atomic E-state index is 8.51. The van der Waals surface area contributed by atoms with Crippen LogP contribution in [-0.2, 0) is 0 Å². The highest BCUT2D eigenvalue weighted by Gasteiger charge is 2.07. The van der Waals surface area contributed by atoms with Crippen LogP contribution in [0.25, 0.3) is 0 Å². The van der Waals surface area contributed by atoms with E-state index in [-0.39, 0.29) is 0 Å². The molecule has 10 heavy (non-hydrogen) atoms. The fourth-order valence-corrected chi connectivity index (χ4v) is 1.03. The molecule has 0 fully saturated rings. The van der Waals surface area contributed by atoms with Gasteiger partial charge in [0.05, 0.1) is 6.07 Å². The predicted octanol–water partition coefficient (Wildman–Crippen LogP) is 2.42. The first-order valence-corrected chi connectivity index (χ1v) is 3.54. The summed E-state index contributed by atoms with van der Waals surface area (Å²) in [6, 6.07) is 2.16. The summed E-state index contributed by atoms with van der Waals surface area (Å²) < 4.78 is 0. The zero-order valence-corrected chi connectivity index (χ0v) is 6.39. The van der Waals surface area contributed by atoms with E-state index in [9.17, 15) is 0 Å². The first kappa shape index (κ1) is 7.08. The van der Waals surface area contributed by atoms with E-state index in [1.165, 1.54) is 5.57 Å². The summed E-state index contributed by atoms with van der Waals surface area (Å²) in [4.78, 5) is 0. The normalized spacial score (nSPS) is 16.6. The topological polar surface area (TPSA) is 23.8 Å². The lowest BCUT2D eigenvalue weighted by molar-refractivity contribution is 0.793. The third kappa shape index (κ3) is 1.27. The molecule has 1 aliphatic carbocycles. The van der Waals surface area contributed by atoms with Gasteiger partial charge in [-0.3, -0.25) is 0 Å². The summed E-state index contributed by atoms with van der Waals surface area (Å²) in [5.41, 5.74) is 2.19. The average Bonchev–Trinajstić information content (AvgIpc) is 2.34. The molecule has 0 bridgehead atoms. The highest BCUT2D eigenvalue weighted by molar-refractivity contribution is 5.40. The number of hydrogen-bond donors (Lipinski definition) is 0. The summed E-state index contributed by atoms with van der Waals surface area (Å²) in [5.74, 6) is 0.561. The van der Waals surface area contributed by atoms with Crippen molar-refractivity contribution in [3.8, 4) is 6.07 Å². The Morgan fingerprint density at radius 1 is 1.60 bits per heavy atom. The molecule has 52 valence electrons. The first-order chi connectivity index (χ1) is 4.74. The molecule has 1 heteroatoms. The maximum Gasteiger partial charge on any atom is 0.0950 e. The third-order valence-electron chi connectivity index (χ3n) is 1.71. The monoisotopic (exact) mass is 133 g/mol. The van der Waals surface area contributed by atoms with Crippen LogP contribution in [0.15, 0.2) is 23.3 Å². The number of rotatable bonds is 1. The average molecular weight is 133 g/mol. The molecular weight excluding hydrogens is 122 g/mol. The molecule has 0 saturated heterocycles. The molecular formula is C9H11N. The van der Waals surface area contributed by atoms with Gasteiger partial charge in [-0.05, 0) is 17.6 Å². The Bertz CT molecular complexity index is 226. The highest BCUT2D eigenvalue weighted by atomic mass is 14.3. The van der Waals surface area contributed by atoms with E-state index >= 15 is 0 Å². The van der Waals surface area contributed by atoms with Gasteiger partial charge in [-0.25, -0.2) is 0 Å². The molecule has 1 nitrogen and oxygen atoms in total. The Morgan fingerprint density at radius 3 is 2.60 bits per heavy atom. The Morgan fingerprint density at radius 2 is 2.30 bits per heavy atom. The second-order valence-electron chi connectivity index (χ2n) is 2.84. The van der Waals surface area contributed by atoms with Crippen molar-refractivity contribution in [3.05, 3.63) is 23.3 Å². The summed E-state index contributed by atoms with van der Waals surface area (Å²) in [5, 5.41) is 8.51.